The summed E-state index contributed by atoms with van der Waals surface area (Å²) in [5.41, 5.74) is 3.28. The van der Waals surface area contributed by atoms with Crippen LogP contribution in [-0.4, -0.2) is 41.0 Å². The molecule has 2 heterocycles. The molecule has 0 unspecified atom stereocenters. The largest absolute Gasteiger partial charge is 0.465 e. The third kappa shape index (κ3) is 4.17. The lowest BCUT2D eigenvalue weighted by atomic mass is 9.69. The van der Waals surface area contributed by atoms with E-state index in [4.69, 9.17) is 9.72 Å². The lowest BCUT2D eigenvalue weighted by Gasteiger charge is -2.54. The number of aromatic nitrogens is 1. The molecule has 0 spiro atoms. The Balaban J connectivity index is 1.60. The Bertz CT molecular complexity index is 1410. The molecule has 1 aliphatic carbocycles. The van der Waals surface area contributed by atoms with E-state index < -0.39 is 33.1 Å². The molecule has 1 fully saturated rings. The molecule has 3 aromatic rings. The number of sulfonamides is 1. The zero-order valence-corrected chi connectivity index (χ0v) is 21.3. The number of anilines is 1. The maximum absolute atomic E-state index is 12.3. The number of ether oxygens (including phenoxy) is 1. The fourth-order valence-corrected chi connectivity index (χ4v) is 6.08. The third-order valence-electron chi connectivity index (χ3n) is 6.86. The summed E-state index contributed by atoms with van der Waals surface area (Å²) < 4.78 is 32.1. The van der Waals surface area contributed by atoms with Crippen molar-refractivity contribution in [1.29, 1.82) is 0 Å². The van der Waals surface area contributed by atoms with Crippen LogP contribution in [0.5, 0.6) is 5.88 Å². The Labute approximate surface area is 211 Å². The van der Waals surface area contributed by atoms with Crippen LogP contribution in [0.3, 0.4) is 0 Å². The van der Waals surface area contributed by atoms with Crippen molar-refractivity contribution in [3.05, 3.63) is 66.2 Å². The van der Waals surface area contributed by atoms with Gasteiger partial charge in [-0.25, -0.2) is 18.2 Å². The van der Waals surface area contributed by atoms with E-state index in [-0.39, 0.29) is 5.88 Å². The second kappa shape index (κ2) is 8.51. The number of rotatable bonds is 4. The zero-order chi connectivity index (χ0) is 25.7. The lowest BCUT2D eigenvalue weighted by Crippen LogP contribution is -2.60. The van der Waals surface area contributed by atoms with E-state index in [1.807, 2.05) is 75.4 Å². The van der Waals surface area contributed by atoms with E-state index in [1.54, 1.807) is 11.0 Å². The first-order valence-corrected chi connectivity index (χ1v) is 13.5. The fourth-order valence-electron chi connectivity index (χ4n) is 5.27. The van der Waals surface area contributed by atoms with Gasteiger partial charge in [-0.05, 0) is 57.2 Å². The number of hydrogen-bond acceptors (Lipinski definition) is 5. The molecule has 1 aromatic heterocycles. The number of fused-ring (bicyclic) bond motifs is 1. The summed E-state index contributed by atoms with van der Waals surface area (Å²) in [5, 5.41) is 10.1. The van der Waals surface area contributed by atoms with Crippen LogP contribution in [0.15, 0.2) is 60.7 Å². The predicted molar refractivity (Wildman–Crippen MR) is 138 cm³/mol. The zero-order valence-electron chi connectivity index (χ0n) is 20.5. The molecule has 0 atom stereocenters. The predicted octanol–water partition coefficient (Wildman–Crippen LogP) is 5.66. The molecular weight excluding hydrogens is 478 g/mol. The standard InChI is InChI=1S/C27H29N3O5S/c1-26(2,3)30(25(31)32)27(14-7-15-27)20-12-10-19(11-13-20)23-21(18-8-5-4-6-9-18)16-22-24(28-23)35-17-36(33,34)29-22/h4-6,8-13,16,29H,7,14-15,17H2,1-3H3,(H,31,32). The van der Waals surface area contributed by atoms with Crippen molar-refractivity contribution in [2.75, 3.05) is 10.7 Å². The van der Waals surface area contributed by atoms with Gasteiger partial charge in [0.05, 0.1) is 11.2 Å². The van der Waals surface area contributed by atoms with E-state index in [0.29, 0.717) is 11.4 Å². The van der Waals surface area contributed by atoms with Crippen molar-refractivity contribution in [1.82, 2.24) is 9.88 Å². The first kappa shape index (κ1) is 24.1. The second-order valence-electron chi connectivity index (χ2n) is 10.3. The van der Waals surface area contributed by atoms with E-state index in [9.17, 15) is 18.3 Å². The first-order chi connectivity index (χ1) is 17.0. The number of nitrogens with zero attached hydrogens (tertiary/aromatic N) is 2. The molecule has 8 nitrogen and oxygen atoms in total. The minimum atomic E-state index is -3.58. The Morgan fingerprint density at radius 2 is 1.72 bits per heavy atom. The van der Waals surface area contributed by atoms with Crippen LogP contribution in [0.4, 0.5) is 10.5 Å². The number of nitrogens with one attached hydrogen (secondary N) is 1. The molecule has 2 aliphatic rings. The molecule has 0 bridgehead atoms. The highest BCUT2D eigenvalue weighted by atomic mass is 32.2. The molecule has 9 heteroatoms. The van der Waals surface area contributed by atoms with Crippen molar-refractivity contribution in [3.63, 3.8) is 0 Å². The molecule has 0 saturated heterocycles. The van der Waals surface area contributed by atoms with Gasteiger partial charge >= 0.3 is 6.09 Å². The van der Waals surface area contributed by atoms with Gasteiger partial charge in [-0.2, -0.15) is 0 Å². The van der Waals surface area contributed by atoms with E-state index in [2.05, 4.69) is 4.72 Å². The molecule has 1 saturated carbocycles. The molecule has 1 amide bonds. The summed E-state index contributed by atoms with van der Waals surface area (Å²) in [5.74, 6) is -0.264. The number of carbonyl (C=O) groups is 1. The highest BCUT2D eigenvalue weighted by Crippen LogP contribution is 2.50. The smallest absolute Gasteiger partial charge is 0.408 e. The molecule has 188 valence electrons. The van der Waals surface area contributed by atoms with Crippen LogP contribution in [-0.2, 0) is 15.6 Å². The van der Waals surface area contributed by atoms with Crippen LogP contribution in [0, 0.1) is 0 Å². The van der Waals surface area contributed by atoms with Gasteiger partial charge in [0.25, 0.3) is 10.0 Å². The Kier molecular flexibility index (Phi) is 5.70. The minimum Gasteiger partial charge on any atom is -0.465 e. The first-order valence-electron chi connectivity index (χ1n) is 11.9. The Morgan fingerprint density at radius 3 is 2.28 bits per heavy atom. The van der Waals surface area contributed by atoms with Crippen LogP contribution < -0.4 is 9.46 Å². The van der Waals surface area contributed by atoms with Crippen molar-refractivity contribution in [2.24, 2.45) is 0 Å². The van der Waals surface area contributed by atoms with Gasteiger partial charge in [0.15, 0.2) is 0 Å². The number of carboxylic acid groups (broad SMARTS) is 1. The lowest BCUT2D eigenvalue weighted by molar-refractivity contribution is -0.0328. The summed E-state index contributed by atoms with van der Waals surface area (Å²) in [4.78, 5) is 18.6. The number of hydrogen-bond donors (Lipinski definition) is 2. The Hall–Kier alpha value is -3.59. The monoisotopic (exact) mass is 507 g/mol. The van der Waals surface area contributed by atoms with Crippen molar-refractivity contribution < 1.29 is 23.1 Å². The van der Waals surface area contributed by atoms with Gasteiger partial charge in [-0.3, -0.25) is 9.62 Å². The highest BCUT2D eigenvalue weighted by molar-refractivity contribution is 7.92. The number of amides is 1. The third-order valence-corrected chi connectivity index (χ3v) is 7.81. The number of benzene rings is 2. The van der Waals surface area contributed by atoms with Crippen molar-refractivity contribution >= 4 is 21.8 Å². The van der Waals surface area contributed by atoms with Gasteiger partial charge < -0.3 is 9.84 Å². The summed E-state index contributed by atoms with van der Waals surface area (Å²) in [6.07, 6.45) is 1.60. The molecule has 5 rings (SSSR count). The van der Waals surface area contributed by atoms with Crippen LogP contribution in [0.25, 0.3) is 22.4 Å². The minimum absolute atomic E-state index is 0.226. The molecule has 36 heavy (non-hydrogen) atoms. The van der Waals surface area contributed by atoms with Crippen LogP contribution in [0.2, 0.25) is 0 Å². The molecule has 2 aromatic carbocycles. The van der Waals surface area contributed by atoms with Gasteiger partial charge in [0.1, 0.15) is 5.69 Å². The van der Waals surface area contributed by atoms with Gasteiger partial charge in [0.2, 0.25) is 11.8 Å². The second-order valence-corrected chi connectivity index (χ2v) is 12.0. The summed E-state index contributed by atoms with van der Waals surface area (Å²) in [6.45, 7) is 5.77. The molecule has 1 aliphatic heterocycles. The highest BCUT2D eigenvalue weighted by Gasteiger charge is 2.50. The number of pyridine rings is 1. The van der Waals surface area contributed by atoms with Crippen LogP contribution >= 0.6 is 0 Å². The molecule has 2 N–H and O–H groups in total. The van der Waals surface area contributed by atoms with Gasteiger partial charge in [0, 0.05) is 16.7 Å². The van der Waals surface area contributed by atoms with E-state index in [1.165, 1.54) is 0 Å². The SMILES string of the molecule is CC(C)(C)N(C(=O)O)C1(c2ccc(-c3nc4c(cc3-c3ccccc3)NS(=O)(=O)CO4)cc2)CCC1. The van der Waals surface area contributed by atoms with E-state index >= 15 is 0 Å². The van der Waals surface area contributed by atoms with Gasteiger partial charge in [-0.1, -0.05) is 54.6 Å². The molecular formula is C27H29N3O5S. The summed E-state index contributed by atoms with van der Waals surface area (Å²) in [6, 6.07) is 19.2. The van der Waals surface area contributed by atoms with Crippen molar-refractivity contribution in [2.45, 2.75) is 51.1 Å². The average Bonchev–Trinajstić information content (AvgIpc) is 2.79. The van der Waals surface area contributed by atoms with Crippen LogP contribution in [0.1, 0.15) is 45.6 Å². The summed E-state index contributed by atoms with van der Waals surface area (Å²) in [7, 11) is -3.58. The quantitative estimate of drug-likeness (QED) is 0.471. The van der Waals surface area contributed by atoms with E-state index in [0.717, 1.165) is 41.5 Å². The average molecular weight is 508 g/mol. The Morgan fingerprint density at radius 1 is 1.06 bits per heavy atom. The van der Waals surface area contributed by atoms with Crippen molar-refractivity contribution in [3.8, 4) is 28.3 Å². The molecule has 0 radical (unpaired) electrons. The fraction of sp³-hybridized carbons (Fsp3) is 0.333. The van der Waals surface area contributed by atoms with Gasteiger partial charge in [-0.15, -0.1) is 0 Å². The topological polar surface area (TPSA) is 109 Å². The summed E-state index contributed by atoms with van der Waals surface area (Å²) >= 11 is 0. The maximum atomic E-state index is 12.3. The maximum Gasteiger partial charge on any atom is 0.408 e. The normalized spacial score (nSPS) is 17.6.